The molecular weight excluding hydrogens is 929 g/mol. The number of aliphatic hydroxyl groups is 4. The number of carbonyl (C=O) groups excluding carboxylic acids is 1. The predicted octanol–water partition coefficient (Wildman–Crippen LogP) is 2.90. The van der Waals surface area contributed by atoms with Crippen LogP contribution in [-0.2, 0) is 50.3 Å². The fourth-order valence-electron chi connectivity index (χ4n) is 10.6. The lowest BCUT2D eigenvalue weighted by molar-refractivity contribution is -0.335. The van der Waals surface area contributed by atoms with Crippen LogP contribution < -0.4 is 15.4 Å². The van der Waals surface area contributed by atoms with Crippen LogP contribution >= 0.6 is 0 Å². The zero-order chi connectivity index (χ0) is 52.1. The van der Waals surface area contributed by atoms with E-state index < -0.39 is 118 Å². The molecule has 0 saturated carbocycles. The number of ether oxygens (including phenoxy) is 7. The largest absolute Gasteiger partial charge is 0.467 e. The number of hydrogen-bond donors (Lipinski definition) is 6. The van der Waals surface area contributed by atoms with Crippen LogP contribution in [0.15, 0.2) is 41.9 Å². The number of carbonyl (C=O) groups is 1. The number of nitrogens with zero attached hydrogens (tertiary/aromatic N) is 4. The second kappa shape index (κ2) is 23.5. The highest BCUT2D eigenvalue weighted by Crippen LogP contribution is 2.43. The molecule has 0 amide bonds. The van der Waals surface area contributed by atoms with Crippen molar-refractivity contribution in [2.24, 2.45) is 24.8 Å². The molecule has 3 fully saturated rings. The molecule has 0 radical (unpaired) electrons. The van der Waals surface area contributed by atoms with Gasteiger partial charge in [0.05, 0.1) is 42.0 Å². The van der Waals surface area contributed by atoms with Gasteiger partial charge in [0.2, 0.25) is 11.0 Å². The maximum atomic E-state index is 14.7. The highest BCUT2D eigenvalue weighted by atomic mass is 32.2. The van der Waals surface area contributed by atoms with Gasteiger partial charge in [-0.15, -0.1) is 0 Å². The number of sulfonamides is 1. The fraction of sp³-hybridized carbons (Fsp3) is 0.816. The number of hydrogen-bond acceptors (Lipinski definition) is 18. The molecule has 70 heavy (non-hydrogen) atoms. The average molecular weight is 1010 g/mol. The number of cyclic esters (lactones) is 1. The minimum absolute atomic E-state index is 0.0197. The van der Waals surface area contributed by atoms with E-state index >= 15 is 0 Å². The van der Waals surface area contributed by atoms with E-state index in [4.69, 9.17) is 33.2 Å². The molecule has 0 aromatic carbocycles. The molecule has 0 aliphatic carbocycles. The number of aliphatic hydroxyl groups excluding tert-OH is 1. The van der Waals surface area contributed by atoms with Crippen LogP contribution in [0.25, 0.3) is 0 Å². The number of esters is 1. The maximum Gasteiger partial charge on any atom is 0.311 e. The molecule has 20 nitrogen and oxygen atoms in total. The van der Waals surface area contributed by atoms with Crippen molar-refractivity contribution in [1.82, 2.24) is 29.5 Å². The Morgan fingerprint density at radius 2 is 1.69 bits per heavy atom. The normalized spacial score (nSPS) is 40.8. The fourth-order valence-corrected chi connectivity index (χ4v) is 12.1. The van der Waals surface area contributed by atoms with Gasteiger partial charge in [0.25, 0.3) is 10.0 Å². The first kappa shape index (κ1) is 58.0. The lowest BCUT2D eigenvalue weighted by Gasteiger charge is -2.53. The van der Waals surface area contributed by atoms with E-state index in [1.807, 2.05) is 13.8 Å². The molecule has 0 bridgehead atoms. The van der Waals surface area contributed by atoms with Gasteiger partial charge in [-0.1, -0.05) is 33.8 Å². The summed E-state index contributed by atoms with van der Waals surface area (Å²) in [4.78, 5) is 23.2. The van der Waals surface area contributed by atoms with Gasteiger partial charge in [0, 0.05) is 70.8 Å². The first-order valence-corrected chi connectivity index (χ1v) is 26.3. The van der Waals surface area contributed by atoms with Gasteiger partial charge in [-0.2, -0.15) is 4.31 Å². The molecule has 2 aromatic rings. The number of likely N-dealkylation sites (N-methyl/N-ethyl adjacent to an activating group) is 1. The molecule has 6 N–H and O–H groups in total. The third-order valence-corrected chi connectivity index (χ3v) is 17.0. The molecule has 5 rings (SSSR count). The van der Waals surface area contributed by atoms with Crippen LogP contribution in [0.1, 0.15) is 108 Å². The first-order chi connectivity index (χ1) is 32.7. The molecule has 5 heterocycles. The van der Waals surface area contributed by atoms with Gasteiger partial charge < -0.3 is 68.8 Å². The monoisotopic (exact) mass is 1010 g/mol. The summed E-state index contributed by atoms with van der Waals surface area (Å²) in [6.45, 7) is 20.3. The molecule has 21 heteroatoms. The lowest BCUT2D eigenvalue weighted by Crippen LogP contribution is -2.70. The molecule has 2 aromatic heterocycles. The van der Waals surface area contributed by atoms with Crippen LogP contribution in [0, 0.1) is 17.8 Å². The maximum absolute atomic E-state index is 14.7. The van der Waals surface area contributed by atoms with Gasteiger partial charge in [0.1, 0.15) is 29.0 Å². The van der Waals surface area contributed by atoms with Crippen LogP contribution in [0.3, 0.4) is 0 Å². The molecule has 3 saturated heterocycles. The van der Waals surface area contributed by atoms with Crippen molar-refractivity contribution in [2.75, 3.05) is 33.8 Å². The molecule has 3 aliphatic rings. The topological polar surface area (TPSA) is 255 Å². The minimum Gasteiger partial charge on any atom is -0.467 e. The van der Waals surface area contributed by atoms with E-state index in [-0.39, 0.29) is 55.7 Å². The molecule has 18 atom stereocenters. The molecule has 0 spiro atoms. The molecule has 3 aliphatic heterocycles. The van der Waals surface area contributed by atoms with Crippen LogP contribution in [-0.4, -0.2) is 177 Å². The van der Waals surface area contributed by atoms with Crippen LogP contribution in [0.2, 0.25) is 0 Å². The highest BCUT2D eigenvalue weighted by Gasteiger charge is 2.59. The number of rotatable bonds is 15. The Morgan fingerprint density at radius 1 is 0.986 bits per heavy atom. The smallest absolute Gasteiger partial charge is 0.311 e. The highest BCUT2D eigenvalue weighted by molar-refractivity contribution is 7.89. The SMILES string of the molecule is CCCNC[C@@]1(O)[C@@H](C)OC(O[C@H]2[C@H](C)[C@@H](O[C@@H]3O[C@H](C)C[C@H](N(C)S(=O)(=O)c4nccn4C)[C@H]3Oc3ccccn3)[C@](C)(O)C[C@@H](C)CN[C@H](C)[C@@H](O)[C@](C)(O)[C@@H](CC)OC(=O)[C@@H]2C)C[C@]1(C)OC. The van der Waals surface area contributed by atoms with Crippen molar-refractivity contribution >= 4 is 16.0 Å². The molecule has 1 unspecified atom stereocenters. The molecule has 400 valence electrons. The summed E-state index contributed by atoms with van der Waals surface area (Å²) in [6, 6.07) is 3.48. The Bertz CT molecular complexity index is 2080. The zero-order valence-corrected chi connectivity index (χ0v) is 44.6. The van der Waals surface area contributed by atoms with Crippen LogP contribution in [0.4, 0.5) is 0 Å². The van der Waals surface area contributed by atoms with Gasteiger partial charge >= 0.3 is 5.97 Å². The molecular formula is C49H84N6O14S. The summed E-state index contributed by atoms with van der Waals surface area (Å²) in [6.07, 6.45) is -4.29. The van der Waals surface area contributed by atoms with Crippen molar-refractivity contribution in [2.45, 2.75) is 203 Å². The number of imidazole rings is 1. The Kier molecular flexibility index (Phi) is 19.5. The number of pyridine rings is 1. The second-order valence-corrected chi connectivity index (χ2v) is 22.7. The van der Waals surface area contributed by atoms with E-state index in [0.29, 0.717) is 6.54 Å². The minimum atomic E-state index is -4.24. The van der Waals surface area contributed by atoms with E-state index in [1.54, 1.807) is 93.0 Å². The summed E-state index contributed by atoms with van der Waals surface area (Å²) in [5, 5.41) is 55.1. The number of nitrogens with one attached hydrogen (secondary N) is 2. The van der Waals surface area contributed by atoms with Gasteiger partial charge in [-0.25, -0.2) is 18.4 Å². The zero-order valence-electron chi connectivity index (χ0n) is 43.8. The Hall–Kier alpha value is -2.90. The predicted molar refractivity (Wildman–Crippen MR) is 259 cm³/mol. The van der Waals surface area contributed by atoms with Gasteiger partial charge in [0.15, 0.2) is 18.7 Å². The van der Waals surface area contributed by atoms with Crippen molar-refractivity contribution < 1.29 is 66.8 Å². The van der Waals surface area contributed by atoms with E-state index in [1.165, 1.54) is 36.2 Å². The van der Waals surface area contributed by atoms with Crippen molar-refractivity contribution in [3.05, 3.63) is 36.8 Å². The Balaban J connectivity index is 1.65. The Labute approximate surface area is 415 Å². The summed E-state index contributed by atoms with van der Waals surface area (Å²) in [7, 11) is 0.312. The summed E-state index contributed by atoms with van der Waals surface area (Å²) in [5.41, 5.74) is -6.36. The van der Waals surface area contributed by atoms with Crippen LogP contribution in [0.5, 0.6) is 5.88 Å². The van der Waals surface area contributed by atoms with Gasteiger partial charge in [-0.05, 0) is 99.2 Å². The van der Waals surface area contributed by atoms with Crippen molar-refractivity contribution in [3.8, 4) is 5.88 Å². The number of aryl methyl sites for hydroxylation is 1. The van der Waals surface area contributed by atoms with E-state index in [9.17, 15) is 33.6 Å². The van der Waals surface area contributed by atoms with Crippen molar-refractivity contribution in [1.29, 1.82) is 0 Å². The first-order valence-electron chi connectivity index (χ1n) is 24.9. The lowest BCUT2D eigenvalue weighted by atomic mass is 9.75. The van der Waals surface area contributed by atoms with E-state index in [0.717, 1.165) is 6.42 Å². The summed E-state index contributed by atoms with van der Waals surface area (Å²) >= 11 is 0. The standard InChI is InChI=1S/C49H84N6O14S/c1-15-20-50-28-49(60)34(8)65-38(26-47(49,10)63-14)68-39-31(5)42(46(9,58)25-29(3)27-53-33(7)41(56)48(11,59)36(16-2)66-43(57)32(39)6)69-44-40(67-37-19-17-18-21-51-37)35(24-30(4)64-44)55(13)70(61,62)45-52-22-23-54(45)12/h17-19,21-23,29-36,38-42,44,50,53,56,58-60H,15-16,20,24-28H2,1-14H3/t29-,30-,31+,32-,33-,34-,35+,36-,38?,39+,40-,41-,42-,44+,46-,47+,48-,49-/m1/s1. The summed E-state index contributed by atoms with van der Waals surface area (Å²) < 4.78 is 77.3. The third-order valence-electron chi connectivity index (χ3n) is 15.1. The number of aromatic nitrogens is 3. The van der Waals surface area contributed by atoms with Crippen molar-refractivity contribution in [3.63, 3.8) is 0 Å². The second-order valence-electron chi connectivity index (χ2n) is 20.8. The quantitative estimate of drug-likeness (QED) is 0.111. The summed E-state index contributed by atoms with van der Waals surface area (Å²) in [5.74, 6) is -2.97. The number of methoxy groups -OCH3 is 1. The Morgan fingerprint density at radius 3 is 2.29 bits per heavy atom. The third kappa shape index (κ3) is 12.5. The van der Waals surface area contributed by atoms with E-state index in [2.05, 4.69) is 20.6 Å². The average Bonchev–Trinajstić information content (AvgIpc) is 3.76. The van der Waals surface area contributed by atoms with Gasteiger partial charge in [-0.3, -0.25) is 4.79 Å².